The lowest BCUT2D eigenvalue weighted by Gasteiger charge is -2.36. The number of ketones is 1. The highest BCUT2D eigenvalue weighted by molar-refractivity contribution is 6.15. The number of rotatable bonds is 2. The molecule has 3 rings (SSSR count). The smallest absolute Gasteiger partial charge is 0.406 e. The third-order valence-electron chi connectivity index (χ3n) is 4.20. The molecule has 124 valence electrons. The second-order valence-corrected chi connectivity index (χ2v) is 6.79. The Morgan fingerprint density at radius 2 is 1.91 bits per heavy atom. The Morgan fingerprint density at radius 3 is 2.52 bits per heavy atom. The summed E-state index contributed by atoms with van der Waals surface area (Å²) in [7, 11) is 0. The zero-order valence-electron chi connectivity index (χ0n) is 12.8. The van der Waals surface area contributed by atoms with Crippen LogP contribution in [-0.2, 0) is 4.79 Å². The van der Waals surface area contributed by atoms with E-state index in [4.69, 9.17) is 0 Å². The third kappa shape index (κ3) is 3.33. The number of nitrogens with one attached hydrogen (secondary N) is 1. The lowest BCUT2D eigenvalue weighted by molar-refractivity contribution is -0.274. The Morgan fingerprint density at radius 1 is 1.26 bits per heavy atom. The summed E-state index contributed by atoms with van der Waals surface area (Å²) in [6.45, 7) is 4.09. The van der Waals surface area contributed by atoms with Crippen molar-refractivity contribution in [1.29, 1.82) is 0 Å². The van der Waals surface area contributed by atoms with E-state index in [1.54, 1.807) is 0 Å². The highest BCUT2D eigenvalue weighted by Crippen LogP contribution is 2.39. The van der Waals surface area contributed by atoms with Crippen LogP contribution in [-0.4, -0.2) is 23.9 Å². The molecule has 1 aromatic rings. The standard InChI is InChI=1S/C16H17F3N2O2/c1-15(2)7-11-13(12(22)8-15)14(21-20-11)9-3-5-10(6-4-9)23-16(17,18)19/h3-6,11,13,20H,7-8H2,1-2H3. The first kappa shape index (κ1) is 15.8. The number of ether oxygens (including phenoxy) is 1. The fraction of sp³-hybridized carbons (Fsp3) is 0.500. The summed E-state index contributed by atoms with van der Waals surface area (Å²) in [6, 6.07) is 5.41. The van der Waals surface area contributed by atoms with Crippen LogP contribution in [0.2, 0.25) is 0 Å². The average Bonchev–Trinajstić information content (AvgIpc) is 2.80. The monoisotopic (exact) mass is 326 g/mol. The van der Waals surface area contributed by atoms with Crippen molar-refractivity contribution in [2.75, 3.05) is 0 Å². The van der Waals surface area contributed by atoms with Crippen molar-refractivity contribution in [3.63, 3.8) is 0 Å². The van der Waals surface area contributed by atoms with Crippen molar-refractivity contribution >= 4 is 11.5 Å². The number of hydrogen-bond acceptors (Lipinski definition) is 4. The SMILES string of the molecule is CC1(C)CC(=O)C2C(c3ccc(OC(F)(F)F)cc3)=NNC2C1. The van der Waals surface area contributed by atoms with Crippen LogP contribution in [0.25, 0.3) is 0 Å². The van der Waals surface area contributed by atoms with Gasteiger partial charge in [0.15, 0.2) is 0 Å². The molecule has 1 saturated carbocycles. The van der Waals surface area contributed by atoms with Gasteiger partial charge in [0.1, 0.15) is 11.5 Å². The molecular weight excluding hydrogens is 309 g/mol. The van der Waals surface area contributed by atoms with E-state index in [0.29, 0.717) is 17.7 Å². The van der Waals surface area contributed by atoms with Gasteiger partial charge >= 0.3 is 6.36 Å². The third-order valence-corrected chi connectivity index (χ3v) is 4.20. The fourth-order valence-corrected chi connectivity index (χ4v) is 3.35. The molecule has 0 bridgehead atoms. The minimum atomic E-state index is -4.72. The van der Waals surface area contributed by atoms with Gasteiger partial charge in [-0.3, -0.25) is 4.79 Å². The number of nitrogens with zero attached hydrogens (tertiary/aromatic N) is 1. The molecule has 0 saturated heterocycles. The van der Waals surface area contributed by atoms with Crippen LogP contribution < -0.4 is 10.2 Å². The van der Waals surface area contributed by atoms with Gasteiger partial charge in [0.05, 0.1) is 17.7 Å². The number of benzene rings is 1. The van der Waals surface area contributed by atoms with Gasteiger partial charge in [-0.2, -0.15) is 5.10 Å². The average molecular weight is 326 g/mol. The van der Waals surface area contributed by atoms with E-state index in [-0.39, 0.29) is 28.9 Å². The van der Waals surface area contributed by atoms with Crippen LogP contribution in [0.4, 0.5) is 13.2 Å². The highest BCUT2D eigenvalue weighted by Gasteiger charge is 2.46. The van der Waals surface area contributed by atoms with Crippen molar-refractivity contribution in [2.45, 2.75) is 39.1 Å². The topological polar surface area (TPSA) is 50.7 Å². The van der Waals surface area contributed by atoms with Gasteiger partial charge in [-0.05, 0) is 41.7 Å². The first-order chi connectivity index (χ1) is 10.6. The van der Waals surface area contributed by atoms with Gasteiger partial charge < -0.3 is 10.2 Å². The van der Waals surface area contributed by atoms with Gasteiger partial charge in [-0.15, -0.1) is 13.2 Å². The number of alkyl halides is 3. The summed E-state index contributed by atoms with van der Waals surface area (Å²) in [4.78, 5) is 12.4. The van der Waals surface area contributed by atoms with Gasteiger partial charge in [0, 0.05) is 6.42 Å². The van der Waals surface area contributed by atoms with Crippen LogP contribution >= 0.6 is 0 Å². The highest BCUT2D eigenvalue weighted by atomic mass is 19.4. The van der Waals surface area contributed by atoms with Gasteiger partial charge in [-0.25, -0.2) is 0 Å². The number of Topliss-reactive ketones (excluding diaryl/α,β-unsaturated/α-hetero) is 1. The molecule has 4 nitrogen and oxygen atoms in total. The molecule has 23 heavy (non-hydrogen) atoms. The van der Waals surface area contributed by atoms with E-state index in [1.165, 1.54) is 24.3 Å². The van der Waals surface area contributed by atoms with Crippen molar-refractivity contribution in [1.82, 2.24) is 5.43 Å². The Bertz CT molecular complexity index is 650. The summed E-state index contributed by atoms with van der Waals surface area (Å²) in [5.41, 5.74) is 4.16. The van der Waals surface area contributed by atoms with Gasteiger partial charge in [0.25, 0.3) is 0 Å². The van der Waals surface area contributed by atoms with Gasteiger partial charge in [0.2, 0.25) is 0 Å². The lowest BCUT2D eigenvalue weighted by atomic mass is 9.68. The van der Waals surface area contributed by atoms with Crippen LogP contribution in [0.5, 0.6) is 5.75 Å². The minimum absolute atomic E-state index is 0.0487. The second kappa shape index (κ2) is 5.25. The Kier molecular flexibility index (Phi) is 3.61. The molecule has 0 amide bonds. The maximum absolute atomic E-state index is 12.4. The summed E-state index contributed by atoms with van der Waals surface area (Å²) >= 11 is 0. The Labute approximate surface area is 131 Å². The van der Waals surface area contributed by atoms with E-state index < -0.39 is 6.36 Å². The quantitative estimate of drug-likeness (QED) is 0.907. The van der Waals surface area contributed by atoms with Crippen LogP contribution in [0.3, 0.4) is 0 Å². The normalized spacial score (nSPS) is 26.3. The van der Waals surface area contributed by atoms with E-state index in [2.05, 4.69) is 15.3 Å². The van der Waals surface area contributed by atoms with E-state index in [9.17, 15) is 18.0 Å². The molecule has 0 spiro atoms. The number of carbonyl (C=O) groups excluding carboxylic acids is 1. The molecule has 2 aliphatic rings. The van der Waals surface area contributed by atoms with Crippen molar-refractivity contribution in [3.05, 3.63) is 29.8 Å². The number of fused-ring (bicyclic) bond motifs is 1. The molecule has 1 aliphatic heterocycles. The fourth-order valence-electron chi connectivity index (χ4n) is 3.35. The lowest BCUT2D eigenvalue weighted by Crippen LogP contribution is -2.45. The zero-order valence-corrected chi connectivity index (χ0v) is 12.8. The zero-order chi connectivity index (χ0) is 16.8. The molecule has 1 fully saturated rings. The second-order valence-electron chi connectivity index (χ2n) is 6.79. The molecule has 2 atom stereocenters. The first-order valence-corrected chi connectivity index (χ1v) is 7.37. The Balaban J connectivity index is 1.79. The predicted molar refractivity (Wildman–Crippen MR) is 78.1 cm³/mol. The maximum Gasteiger partial charge on any atom is 0.573 e. The minimum Gasteiger partial charge on any atom is -0.406 e. The molecule has 1 heterocycles. The summed E-state index contributed by atoms with van der Waals surface area (Å²) < 4.78 is 40.4. The number of halogens is 3. The predicted octanol–water partition coefficient (Wildman–Crippen LogP) is 3.27. The largest absolute Gasteiger partial charge is 0.573 e. The van der Waals surface area contributed by atoms with E-state index in [0.717, 1.165) is 6.42 Å². The molecule has 0 aromatic heterocycles. The molecular formula is C16H17F3N2O2. The number of hydrogen-bond donors (Lipinski definition) is 1. The van der Waals surface area contributed by atoms with Crippen LogP contribution in [0.15, 0.2) is 29.4 Å². The van der Waals surface area contributed by atoms with Crippen LogP contribution in [0, 0.1) is 11.3 Å². The van der Waals surface area contributed by atoms with Gasteiger partial charge in [-0.1, -0.05) is 13.8 Å². The molecule has 7 heteroatoms. The molecule has 2 unspecified atom stereocenters. The summed E-state index contributed by atoms with van der Waals surface area (Å²) in [6.07, 6.45) is -3.42. The number of carbonyl (C=O) groups is 1. The summed E-state index contributed by atoms with van der Waals surface area (Å²) in [5.74, 6) is -0.511. The summed E-state index contributed by atoms with van der Waals surface area (Å²) in [5, 5.41) is 4.25. The molecule has 1 aliphatic carbocycles. The van der Waals surface area contributed by atoms with Crippen molar-refractivity contribution < 1.29 is 22.7 Å². The van der Waals surface area contributed by atoms with Crippen molar-refractivity contribution in [3.8, 4) is 5.75 Å². The number of hydrazone groups is 1. The molecule has 1 aromatic carbocycles. The van der Waals surface area contributed by atoms with Crippen molar-refractivity contribution in [2.24, 2.45) is 16.4 Å². The Hall–Kier alpha value is -2.05. The first-order valence-electron chi connectivity index (χ1n) is 7.37. The van der Waals surface area contributed by atoms with E-state index >= 15 is 0 Å². The molecule has 1 N–H and O–H groups in total. The van der Waals surface area contributed by atoms with E-state index in [1.807, 2.05) is 13.8 Å². The van der Waals surface area contributed by atoms with Crippen LogP contribution in [0.1, 0.15) is 32.3 Å². The molecule has 0 radical (unpaired) electrons. The maximum atomic E-state index is 12.4.